The minimum absolute atomic E-state index is 0.0220. The number of halogens is 2. The van der Waals surface area contributed by atoms with Crippen LogP contribution in [0.4, 0.5) is 0 Å². The number of aromatic nitrogens is 3. The maximum absolute atomic E-state index is 12.4. The van der Waals surface area contributed by atoms with Crippen molar-refractivity contribution in [1.29, 1.82) is 0 Å². The summed E-state index contributed by atoms with van der Waals surface area (Å²) in [7, 11) is 0. The van der Waals surface area contributed by atoms with E-state index in [-0.39, 0.29) is 11.5 Å². The predicted molar refractivity (Wildman–Crippen MR) is 118 cm³/mol. The van der Waals surface area contributed by atoms with Gasteiger partial charge in [0.1, 0.15) is 0 Å². The highest BCUT2D eigenvalue weighted by molar-refractivity contribution is 7.99. The van der Waals surface area contributed by atoms with Gasteiger partial charge in [0, 0.05) is 27.2 Å². The molecule has 0 saturated carbocycles. The second-order valence-electron chi connectivity index (χ2n) is 6.01. The fraction of sp³-hybridized carbons (Fsp3) is 0.150. The third-order valence-electron chi connectivity index (χ3n) is 4.27. The van der Waals surface area contributed by atoms with E-state index in [1.807, 2.05) is 35.8 Å². The molecule has 0 fully saturated rings. The molecule has 0 aliphatic rings. The zero-order valence-electron chi connectivity index (χ0n) is 14.9. The highest BCUT2D eigenvalue weighted by Gasteiger charge is 2.20. The third-order valence-corrected chi connectivity index (χ3v) is 7.16. The molecular formula is C20H15Cl2N3OS2. The minimum Gasteiger partial charge on any atom is -0.302 e. The number of hydrogen-bond donors (Lipinski definition) is 0. The Morgan fingerprint density at radius 3 is 2.57 bits per heavy atom. The second-order valence-corrected chi connectivity index (χ2v) is 8.82. The molecule has 0 N–H and O–H groups in total. The molecule has 2 heterocycles. The second kappa shape index (κ2) is 8.25. The van der Waals surface area contributed by atoms with E-state index in [1.54, 1.807) is 35.6 Å². The lowest BCUT2D eigenvalue weighted by Gasteiger charge is -2.06. The van der Waals surface area contributed by atoms with Crippen LogP contribution in [0.5, 0.6) is 0 Å². The molecule has 4 rings (SSSR count). The fourth-order valence-corrected chi connectivity index (χ4v) is 5.39. The first-order valence-corrected chi connectivity index (χ1v) is 11.2. The number of fused-ring (bicyclic) bond motifs is 1. The summed E-state index contributed by atoms with van der Waals surface area (Å²) in [6.07, 6.45) is 0. The molecule has 4 nitrogen and oxygen atoms in total. The summed E-state index contributed by atoms with van der Waals surface area (Å²) in [5, 5.41) is 11.7. The number of ketones is 1. The molecule has 0 bridgehead atoms. The van der Waals surface area contributed by atoms with Crippen LogP contribution in [0, 0.1) is 0 Å². The summed E-state index contributed by atoms with van der Waals surface area (Å²) < 4.78 is 3.11. The van der Waals surface area contributed by atoms with Gasteiger partial charge < -0.3 is 4.57 Å². The van der Waals surface area contributed by atoms with E-state index >= 15 is 0 Å². The van der Waals surface area contributed by atoms with Crippen molar-refractivity contribution in [2.75, 3.05) is 5.75 Å². The number of thiophene rings is 1. The van der Waals surface area contributed by atoms with Gasteiger partial charge in [-0.15, -0.1) is 21.5 Å². The number of Topliss-reactive ketones (excluding diaryl/α,β-unsaturated/α-hetero) is 1. The number of rotatable bonds is 6. The summed E-state index contributed by atoms with van der Waals surface area (Å²) >= 11 is 15.5. The molecule has 8 heteroatoms. The van der Waals surface area contributed by atoms with Crippen molar-refractivity contribution in [2.24, 2.45) is 0 Å². The number of hydrogen-bond acceptors (Lipinski definition) is 5. The SMILES string of the molecule is CCn1c(SCC(=O)c2ccc(Cl)cc2)nnc1-c1sc2ccccc2c1Cl. The first kappa shape index (κ1) is 19.5. The molecule has 0 unspecified atom stereocenters. The molecule has 2 aromatic carbocycles. The van der Waals surface area contributed by atoms with E-state index < -0.39 is 0 Å². The molecule has 0 spiro atoms. The van der Waals surface area contributed by atoms with Crippen molar-refractivity contribution in [1.82, 2.24) is 14.8 Å². The van der Waals surface area contributed by atoms with Gasteiger partial charge in [-0.2, -0.15) is 0 Å². The van der Waals surface area contributed by atoms with Gasteiger partial charge in [-0.3, -0.25) is 4.79 Å². The van der Waals surface area contributed by atoms with Gasteiger partial charge in [-0.25, -0.2) is 0 Å². The van der Waals surface area contributed by atoms with Crippen molar-refractivity contribution in [3.8, 4) is 10.7 Å². The van der Waals surface area contributed by atoms with Crippen LogP contribution in [0.2, 0.25) is 10.0 Å². The Bertz CT molecular complexity index is 1150. The molecule has 0 aliphatic heterocycles. The maximum Gasteiger partial charge on any atom is 0.191 e. The van der Waals surface area contributed by atoms with Crippen molar-refractivity contribution in [3.63, 3.8) is 0 Å². The quantitative estimate of drug-likeness (QED) is 0.251. The molecular weight excluding hydrogens is 433 g/mol. The lowest BCUT2D eigenvalue weighted by molar-refractivity contribution is 0.102. The highest BCUT2D eigenvalue weighted by atomic mass is 35.5. The number of benzene rings is 2. The molecule has 142 valence electrons. The lowest BCUT2D eigenvalue weighted by Crippen LogP contribution is -2.05. The van der Waals surface area contributed by atoms with Gasteiger partial charge in [-0.1, -0.05) is 53.2 Å². The zero-order valence-corrected chi connectivity index (χ0v) is 18.0. The minimum atomic E-state index is 0.0220. The summed E-state index contributed by atoms with van der Waals surface area (Å²) in [6.45, 7) is 2.71. The van der Waals surface area contributed by atoms with Gasteiger partial charge in [-0.05, 0) is 37.3 Å². The Labute approximate surface area is 180 Å². The van der Waals surface area contributed by atoms with Crippen LogP contribution in [0.3, 0.4) is 0 Å². The smallest absolute Gasteiger partial charge is 0.191 e. The number of nitrogens with zero attached hydrogens (tertiary/aromatic N) is 3. The van der Waals surface area contributed by atoms with E-state index in [2.05, 4.69) is 10.2 Å². The van der Waals surface area contributed by atoms with Gasteiger partial charge in [0.15, 0.2) is 16.8 Å². The Kier molecular flexibility index (Phi) is 5.73. The average Bonchev–Trinajstić information content (AvgIpc) is 3.27. The highest BCUT2D eigenvalue weighted by Crippen LogP contribution is 2.41. The van der Waals surface area contributed by atoms with Crippen LogP contribution in [0.25, 0.3) is 20.8 Å². The first-order valence-electron chi connectivity index (χ1n) is 8.60. The van der Waals surface area contributed by atoms with Crippen LogP contribution in [-0.2, 0) is 6.54 Å². The van der Waals surface area contributed by atoms with Gasteiger partial charge >= 0.3 is 0 Å². The predicted octanol–water partition coefficient (Wildman–Crippen LogP) is 6.46. The maximum atomic E-state index is 12.4. The van der Waals surface area contributed by atoms with Crippen molar-refractivity contribution < 1.29 is 4.79 Å². The van der Waals surface area contributed by atoms with Crippen LogP contribution in [0.1, 0.15) is 17.3 Å². The fourth-order valence-electron chi connectivity index (χ4n) is 2.86. The van der Waals surface area contributed by atoms with Crippen LogP contribution < -0.4 is 0 Å². The molecule has 4 aromatic rings. The molecule has 28 heavy (non-hydrogen) atoms. The molecule has 0 atom stereocenters. The van der Waals surface area contributed by atoms with Crippen molar-refractivity contribution in [3.05, 3.63) is 64.1 Å². The number of thioether (sulfide) groups is 1. The summed E-state index contributed by atoms with van der Waals surface area (Å²) in [5.74, 6) is 1.03. The van der Waals surface area contributed by atoms with Gasteiger partial charge in [0.05, 0.1) is 15.7 Å². The van der Waals surface area contributed by atoms with Crippen LogP contribution >= 0.6 is 46.3 Å². The zero-order chi connectivity index (χ0) is 19.7. The van der Waals surface area contributed by atoms with E-state index in [0.29, 0.717) is 27.3 Å². The Balaban J connectivity index is 1.60. The molecule has 0 amide bonds. The first-order chi connectivity index (χ1) is 13.6. The molecule has 0 saturated heterocycles. The number of carbonyl (C=O) groups is 1. The summed E-state index contributed by atoms with van der Waals surface area (Å²) in [6, 6.07) is 14.9. The molecule has 0 radical (unpaired) electrons. The average molecular weight is 448 g/mol. The normalized spacial score (nSPS) is 11.2. The number of carbonyl (C=O) groups excluding carboxylic acids is 1. The van der Waals surface area contributed by atoms with E-state index in [4.69, 9.17) is 23.2 Å². The monoisotopic (exact) mass is 447 g/mol. The van der Waals surface area contributed by atoms with E-state index in [9.17, 15) is 4.79 Å². The van der Waals surface area contributed by atoms with Crippen LogP contribution in [-0.4, -0.2) is 26.3 Å². The Morgan fingerprint density at radius 1 is 1.11 bits per heavy atom. The van der Waals surface area contributed by atoms with Gasteiger partial charge in [0.2, 0.25) is 0 Å². The Hall–Kier alpha value is -1.86. The molecule has 2 aromatic heterocycles. The standard InChI is InChI=1S/C20H15Cl2N3OS2/c1-2-25-19(18-17(22)14-5-3-4-6-16(14)28-18)23-24-20(25)27-11-15(26)12-7-9-13(21)10-8-12/h3-10H,2,11H2,1H3. The Morgan fingerprint density at radius 2 is 1.86 bits per heavy atom. The molecule has 0 aliphatic carbocycles. The third kappa shape index (κ3) is 3.70. The van der Waals surface area contributed by atoms with E-state index in [1.165, 1.54) is 11.8 Å². The summed E-state index contributed by atoms with van der Waals surface area (Å²) in [4.78, 5) is 13.3. The van der Waals surface area contributed by atoms with E-state index in [0.717, 1.165) is 20.8 Å². The van der Waals surface area contributed by atoms with Crippen LogP contribution in [0.15, 0.2) is 53.7 Å². The summed E-state index contributed by atoms with van der Waals surface area (Å²) in [5.41, 5.74) is 0.632. The lowest BCUT2D eigenvalue weighted by atomic mass is 10.1. The van der Waals surface area contributed by atoms with Crippen molar-refractivity contribution in [2.45, 2.75) is 18.6 Å². The largest absolute Gasteiger partial charge is 0.302 e. The topological polar surface area (TPSA) is 47.8 Å². The van der Waals surface area contributed by atoms with Gasteiger partial charge in [0.25, 0.3) is 0 Å². The van der Waals surface area contributed by atoms with Crippen molar-refractivity contribution >= 4 is 62.2 Å².